The van der Waals surface area contributed by atoms with Crippen molar-refractivity contribution < 1.29 is 29.2 Å². The minimum absolute atomic E-state index is 0.0411. The fourth-order valence-electron chi connectivity index (χ4n) is 5.22. The minimum atomic E-state index is -0.0540. The third-order valence-corrected chi connectivity index (χ3v) is 6.49. The summed E-state index contributed by atoms with van der Waals surface area (Å²) in [4.78, 5) is 1.36. The Balaban J connectivity index is 1.77. The Labute approximate surface area is 158 Å². The maximum absolute atomic E-state index is 6.62. The van der Waals surface area contributed by atoms with Crippen LogP contribution in [0.3, 0.4) is 0 Å². The molecule has 3 N–H and O–H groups in total. The highest BCUT2D eigenvalue weighted by Gasteiger charge is 2.48. The molecule has 3 atom stereocenters. The molecule has 0 aliphatic carbocycles. The lowest BCUT2D eigenvalue weighted by atomic mass is 9.80. The van der Waals surface area contributed by atoms with Crippen molar-refractivity contribution in [3.8, 4) is 34.1 Å². The van der Waals surface area contributed by atoms with Crippen LogP contribution in [0, 0.1) is 0 Å². The monoisotopic (exact) mass is 368 g/mol. The summed E-state index contributed by atoms with van der Waals surface area (Å²) in [5, 5.41) is 2.26. The molecular formula is C21H24N2O4+2. The molecule has 4 heterocycles. The molecule has 2 aromatic carbocycles. The van der Waals surface area contributed by atoms with E-state index in [1.165, 1.54) is 27.2 Å². The normalized spacial score (nSPS) is 25.8. The van der Waals surface area contributed by atoms with Crippen molar-refractivity contribution in [1.29, 1.82) is 0 Å². The summed E-state index contributed by atoms with van der Waals surface area (Å²) >= 11 is 0. The van der Waals surface area contributed by atoms with Gasteiger partial charge in [0.1, 0.15) is 0 Å². The van der Waals surface area contributed by atoms with E-state index >= 15 is 0 Å². The Kier molecular flexibility index (Phi) is 3.06. The number of methoxy groups -OCH3 is 2. The Morgan fingerprint density at radius 2 is 1.63 bits per heavy atom. The van der Waals surface area contributed by atoms with Gasteiger partial charge in [-0.05, 0) is 23.3 Å². The molecule has 0 aromatic heterocycles. The standard InChI is InChI=1S/C21H22N2O4/c1-23-7-5-11-9-12(24-2)18-17-15(11)21(23)27-19-13(25-3)8-10-4-6-22-20(26-18)14(10)16(17)19/h8-9,20-22H,4-7H2,1-3H3/p+2/t20-,21-/m1/s1. The van der Waals surface area contributed by atoms with E-state index in [-0.39, 0.29) is 12.5 Å². The van der Waals surface area contributed by atoms with Crippen LogP contribution in [-0.2, 0) is 12.8 Å². The Morgan fingerprint density at radius 3 is 2.37 bits per heavy atom. The Hall–Kier alpha value is -2.44. The topological polar surface area (TPSA) is 58.0 Å². The molecule has 6 nitrogen and oxygen atoms in total. The number of hydrogen-bond acceptors (Lipinski definition) is 4. The fraction of sp³-hybridized carbons (Fsp3) is 0.429. The van der Waals surface area contributed by atoms with E-state index in [0.29, 0.717) is 0 Å². The summed E-state index contributed by atoms with van der Waals surface area (Å²) in [5.41, 5.74) is 7.45. The van der Waals surface area contributed by atoms with Crippen molar-refractivity contribution >= 4 is 0 Å². The van der Waals surface area contributed by atoms with Gasteiger partial charge in [0.2, 0.25) is 0 Å². The van der Waals surface area contributed by atoms with Crippen LogP contribution in [0.4, 0.5) is 0 Å². The van der Waals surface area contributed by atoms with Crippen LogP contribution >= 0.6 is 0 Å². The quantitative estimate of drug-likeness (QED) is 0.803. The van der Waals surface area contributed by atoms with Crippen LogP contribution in [-0.4, -0.2) is 34.4 Å². The summed E-state index contributed by atoms with van der Waals surface area (Å²) < 4.78 is 24.7. The number of benzene rings is 2. The number of hydrogen-bond donors (Lipinski definition) is 2. The highest BCUT2D eigenvalue weighted by atomic mass is 16.5. The lowest BCUT2D eigenvalue weighted by Crippen LogP contribution is -3.11. The van der Waals surface area contributed by atoms with Gasteiger partial charge in [-0.2, -0.15) is 0 Å². The molecule has 0 radical (unpaired) electrons. The Morgan fingerprint density at radius 1 is 0.963 bits per heavy atom. The van der Waals surface area contributed by atoms with Gasteiger partial charge in [0.05, 0.1) is 45.5 Å². The molecule has 4 aliphatic rings. The van der Waals surface area contributed by atoms with Gasteiger partial charge in [-0.3, -0.25) is 4.90 Å². The van der Waals surface area contributed by atoms with E-state index in [9.17, 15) is 0 Å². The molecule has 1 unspecified atom stereocenters. The second-order valence-corrected chi connectivity index (χ2v) is 7.87. The molecule has 6 rings (SSSR count). The van der Waals surface area contributed by atoms with Crippen molar-refractivity contribution in [2.75, 3.05) is 34.4 Å². The van der Waals surface area contributed by atoms with Gasteiger partial charge < -0.3 is 24.3 Å². The molecule has 0 fully saturated rings. The highest BCUT2D eigenvalue weighted by molar-refractivity contribution is 5.90. The van der Waals surface area contributed by atoms with Gasteiger partial charge >= 0.3 is 0 Å². The molecule has 2 aromatic rings. The van der Waals surface area contributed by atoms with Crippen LogP contribution < -0.4 is 29.2 Å². The second kappa shape index (κ2) is 5.30. The lowest BCUT2D eigenvalue weighted by Gasteiger charge is -2.42. The highest BCUT2D eigenvalue weighted by Crippen LogP contribution is 2.59. The second-order valence-electron chi connectivity index (χ2n) is 7.87. The zero-order valence-electron chi connectivity index (χ0n) is 15.8. The van der Waals surface area contributed by atoms with Gasteiger partial charge in [-0.15, -0.1) is 0 Å². The summed E-state index contributed by atoms with van der Waals surface area (Å²) in [7, 11) is 5.65. The van der Waals surface area contributed by atoms with Crippen LogP contribution in [0.1, 0.15) is 34.7 Å². The molecule has 6 heteroatoms. The molecule has 4 aliphatic heterocycles. The van der Waals surface area contributed by atoms with Crippen molar-refractivity contribution in [1.82, 2.24) is 0 Å². The fourth-order valence-corrected chi connectivity index (χ4v) is 5.22. The van der Waals surface area contributed by atoms with Gasteiger partial charge in [0.25, 0.3) is 12.5 Å². The predicted octanol–water partition coefficient (Wildman–Crippen LogP) is 0.343. The smallest absolute Gasteiger partial charge is 0.259 e. The summed E-state index contributed by atoms with van der Waals surface area (Å²) in [6.45, 7) is 2.03. The zero-order chi connectivity index (χ0) is 18.3. The van der Waals surface area contributed by atoms with Crippen LogP contribution in [0.15, 0.2) is 12.1 Å². The molecule has 0 saturated heterocycles. The largest absolute Gasteiger partial charge is 0.493 e. The van der Waals surface area contributed by atoms with Gasteiger partial charge in [-0.25, -0.2) is 0 Å². The first-order valence-electron chi connectivity index (χ1n) is 9.68. The van der Waals surface area contributed by atoms with E-state index in [1.807, 2.05) is 0 Å². The Bertz CT molecular complexity index is 987. The van der Waals surface area contributed by atoms with E-state index in [0.717, 1.165) is 60.1 Å². The molecular weight excluding hydrogens is 344 g/mol. The summed E-state index contributed by atoms with van der Waals surface area (Å²) in [5.74, 6) is 3.36. The van der Waals surface area contributed by atoms with Crippen molar-refractivity contribution in [2.45, 2.75) is 25.3 Å². The van der Waals surface area contributed by atoms with Crippen LogP contribution in [0.5, 0.6) is 23.0 Å². The first-order chi connectivity index (χ1) is 13.2. The van der Waals surface area contributed by atoms with E-state index in [1.54, 1.807) is 14.2 Å². The molecule has 0 bridgehead atoms. The first kappa shape index (κ1) is 15.6. The van der Waals surface area contributed by atoms with Crippen molar-refractivity contribution in [2.24, 2.45) is 0 Å². The van der Waals surface area contributed by atoms with E-state index in [4.69, 9.17) is 18.9 Å². The number of likely N-dealkylation sites (N-methyl/N-ethyl adjacent to an activating group) is 1. The van der Waals surface area contributed by atoms with Gasteiger partial charge in [0.15, 0.2) is 23.0 Å². The zero-order valence-corrected chi connectivity index (χ0v) is 15.8. The summed E-state index contributed by atoms with van der Waals surface area (Å²) in [6.07, 6.45) is 1.93. The van der Waals surface area contributed by atoms with Crippen LogP contribution in [0.2, 0.25) is 0 Å². The van der Waals surface area contributed by atoms with E-state index in [2.05, 4.69) is 24.5 Å². The SMILES string of the molecule is COc1cc2c3c4c1O[C@@H]1c5c(cc(OC)c(c5-4)O[C@H]3[NH2+]CC2)CC[NH+]1C. The number of quaternary nitrogens is 2. The number of ether oxygens (including phenoxy) is 4. The molecule has 0 saturated carbocycles. The average Bonchev–Trinajstić information content (AvgIpc) is 2.71. The number of nitrogens with two attached hydrogens (primary N) is 1. The molecule has 27 heavy (non-hydrogen) atoms. The average molecular weight is 368 g/mol. The van der Waals surface area contributed by atoms with E-state index < -0.39 is 0 Å². The van der Waals surface area contributed by atoms with Crippen LogP contribution in [0.25, 0.3) is 11.1 Å². The lowest BCUT2D eigenvalue weighted by molar-refractivity contribution is -0.934. The van der Waals surface area contributed by atoms with Crippen molar-refractivity contribution in [3.63, 3.8) is 0 Å². The summed E-state index contributed by atoms with van der Waals surface area (Å²) in [6, 6.07) is 4.30. The first-order valence-corrected chi connectivity index (χ1v) is 9.68. The maximum atomic E-state index is 6.62. The minimum Gasteiger partial charge on any atom is -0.493 e. The van der Waals surface area contributed by atoms with Gasteiger partial charge in [-0.1, -0.05) is 0 Å². The van der Waals surface area contributed by atoms with Crippen molar-refractivity contribution in [3.05, 3.63) is 34.4 Å². The third-order valence-electron chi connectivity index (χ3n) is 6.49. The maximum Gasteiger partial charge on any atom is 0.259 e. The number of rotatable bonds is 2. The predicted molar refractivity (Wildman–Crippen MR) is 97.7 cm³/mol. The molecule has 0 amide bonds. The third kappa shape index (κ3) is 1.87. The molecule has 0 spiro atoms. The van der Waals surface area contributed by atoms with Gasteiger partial charge in [0, 0.05) is 24.0 Å². The molecule has 140 valence electrons. The number of nitrogens with one attached hydrogen (secondary N) is 1.